The van der Waals surface area contributed by atoms with Crippen molar-refractivity contribution in [3.8, 4) is 17.2 Å². The number of methoxy groups -OCH3 is 2. The first-order chi connectivity index (χ1) is 14.6. The van der Waals surface area contributed by atoms with Crippen LogP contribution < -0.4 is 19.6 Å². The standard InChI is InChI=1S/C23H21FN2O4/c1-28-19-11-18(12-20(13-19)29-2)23(27)26-25-14-16-7-4-6-10-22(16)30-15-17-8-3-5-9-21(17)24/h3-14H,15H2,1-2H3,(H,26,27)/b25-14-. The minimum Gasteiger partial charge on any atom is -0.497 e. The monoisotopic (exact) mass is 408 g/mol. The third-order valence-electron chi connectivity index (χ3n) is 4.24. The predicted octanol–water partition coefficient (Wildman–Crippen LogP) is 4.19. The van der Waals surface area contributed by atoms with Gasteiger partial charge in [0, 0.05) is 22.8 Å². The molecule has 0 spiro atoms. The van der Waals surface area contributed by atoms with Gasteiger partial charge in [-0.25, -0.2) is 9.82 Å². The zero-order valence-electron chi connectivity index (χ0n) is 16.6. The Labute approximate surface area is 173 Å². The van der Waals surface area contributed by atoms with Crippen molar-refractivity contribution in [2.45, 2.75) is 6.61 Å². The van der Waals surface area contributed by atoms with Gasteiger partial charge >= 0.3 is 0 Å². The number of carbonyl (C=O) groups is 1. The molecule has 0 aliphatic heterocycles. The van der Waals surface area contributed by atoms with Crippen molar-refractivity contribution >= 4 is 12.1 Å². The molecule has 3 aromatic carbocycles. The number of hydrogen-bond donors (Lipinski definition) is 1. The van der Waals surface area contributed by atoms with Crippen LogP contribution in [0.15, 0.2) is 71.8 Å². The summed E-state index contributed by atoms with van der Waals surface area (Å²) in [5.74, 6) is 0.755. The number of nitrogens with zero attached hydrogens (tertiary/aromatic N) is 1. The summed E-state index contributed by atoms with van der Waals surface area (Å²) in [5.41, 5.74) is 3.89. The molecule has 1 N–H and O–H groups in total. The number of hydrazone groups is 1. The number of benzene rings is 3. The van der Waals surface area contributed by atoms with Crippen LogP contribution in [0.4, 0.5) is 4.39 Å². The molecule has 0 bridgehead atoms. The van der Waals surface area contributed by atoms with E-state index in [1.807, 2.05) is 6.07 Å². The van der Waals surface area contributed by atoms with E-state index in [0.717, 1.165) is 0 Å². The lowest BCUT2D eigenvalue weighted by Gasteiger charge is -2.10. The van der Waals surface area contributed by atoms with E-state index in [2.05, 4.69) is 10.5 Å². The molecule has 154 valence electrons. The summed E-state index contributed by atoms with van der Waals surface area (Å²) in [6.45, 7) is 0.0769. The van der Waals surface area contributed by atoms with Crippen LogP contribution in [-0.2, 0) is 6.61 Å². The highest BCUT2D eigenvalue weighted by molar-refractivity contribution is 5.96. The minimum atomic E-state index is -0.423. The number of rotatable bonds is 8. The van der Waals surface area contributed by atoms with Crippen molar-refractivity contribution in [3.63, 3.8) is 0 Å². The molecular weight excluding hydrogens is 387 g/mol. The van der Waals surface area contributed by atoms with Crippen molar-refractivity contribution in [3.05, 3.63) is 89.2 Å². The molecule has 0 aromatic heterocycles. The molecule has 6 nitrogen and oxygen atoms in total. The van der Waals surface area contributed by atoms with Crippen molar-refractivity contribution in [2.75, 3.05) is 14.2 Å². The van der Waals surface area contributed by atoms with Crippen molar-refractivity contribution in [1.82, 2.24) is 5.43 Å². The van der Waals surface area contributed by atoms with Gasteiger partial charge in [0.25, 0.3) is 5.91 Å². The second-order valence-electron chi connectivity index (χ2n) is 6.22. The molecule has 1 amide bonds. The summed E-state index contributed by atoms with van der Waals surface area (Å²) < 4.78 is 29.8. The number of nitrogens with one attached hydrogen (secondary N) is 1. The first kappa shape index (κ1) is 20.9. The van der Waals surface area contributed by atoms with Gasteiger partial charge in [-0.15, -0.1) is 0 Å². The van der Waals surface area contributed by atoms with Crippen LogP contribution in [-0.4, -0.2) is 26.3 Å². The van der Waals surface area contributed by atoms with Gasteiger partial charge in [-0.05, 0) is 30.3 Å². The molecule has 0 saturated carbocycles. The minimum absolute atomic E-state index is 0.0769. The summed E-state index contributed by atoms with van der Waals surface area (Å²) >= 11 is 0. The normalized spacial score (nSPS) is 10.6. The Hall–Kier alpha value is -3.87. The van der Waals surface area contributed by atoms with E-state index in [9.17, 15) is 9.18 Å². The highest BCUT2D eigenvalue weighted by atomic mass is 19.1. The number of para-hydroxylation sites is 1. The zero-order valence-corrected chi connectivity index (χ0v) is 16.6. The highest BCUT2D eigenvalue weighted by Gasteiger charge is 2.09. The SMILES string of the molecule is COc1cc(OC)cc(C(=O)N/N=C\c2ccccc2OCc2ccccc2F)c1. The lowest BCUT2D eigenvalue weighted by Crippen LogP contribution is -2.17. The molecule has 0 radical (unpaired) electrons. The average Bonchev–Trinajstić information content (AvgIpc) is 2.78. The Morgan fingerprint density at radius 3 is 2.37 bits per heavy atom. The van der Waals surface area contributed by atoms with Crippen molar-refractivity contribution in [2.24, 2.45) is 5.10 Å². The topological polar surface area (TPSA) is 69.2 Å². The molecule has 0 aliphatic carbocycles. The van der Waals surface area contributed by atoms with E-state index in [0.29, 0.717) is 33.9 Å². The van der Waals surface area contributed by atoms with Crippen LogP contribution in [0.1, 0.15) is 21.5 Å². The summed E-state index contributed by atoms with van der Waals surface area (Å²) in [4.78, 5) is 12.4. The Bertz CT molecular complexity index is 1030. The fourth-order valence-electron chi connectivity index (χ4n) is 2.65. The summed E-state index contributed by atoms with van der Waals surface area (Å²) in [5, 5.41) is 4.00. The summed E-state index contributed by atoms with van der Waals surface area (Å²) in [7, 11) is 3.01. The molecule has 0 atom stereocenters. The summed E-state index contributed by atoms with van der Waals surface area (Å²) in [6, 6.07) is 18.4. The van der Waals surface area contributed by atoms with E-state index in [4.69, 9.17) is 14.2 Å². The van der Waals surface area contributed by atoms with Gasteiger partial charge in [0.2, 0.25) is 0 Å². The molecule has 3 aromatic rings. The third-order valence-corrected chi connectivity index (χ3v) is 4.24. The van der Waals surface area contributed by atoms with Crippen LogP contribution in [0.3, 0.4) is 0 Å². The first-order valence-corrected chi connectivity index (χ1v) is 9.12. The van der Waals surface area contributed by atoms with Gasteiger partial charge in [0.15, 0.2) is 0 Å². The van der Waals surface area contributed by atoms with E-state index < -0.39 is 5.91 Å². The van der Waals surface area contributed by atoms with E-state index in [-0.39, 0.29) is 12.4 Å². The number of halogens is 1. The lowest BCUT2D eigenvalue weighted by atomic mass is 10.2. The maximum Gasteiger partial charge on any atom is 0.271 e. The van der Waals surface area contributed by atoms with Crippen molar-refractivity contribution in [1.29, 1.82) is 0 Å². The number of carbonyl (C=O) groups excluding carboxylic acids is 1. The van der Waals surface area contributed by atoms with Crippen LogP contribution in [0.25, 0.3) is 0 Å². The number of ether oxygens (including phenoxy) is 3. The van der Waals surface area contributed by atoms with E-state index in [1.165, 1.54) is 26.5 Å². The Balaban J connectivity index is 1.68. The van der Waals surface area contributed by atoms with Crippen molar-refractivity contribution < 1.29 is 23.4 Å². The Kier molecular flexibility index (Phi) is 7.00. The van der Waals surface area contributed by atoms with Gasteiger partial charge in [-0.1, -0.05) is 30.3 Å². The maximum atomic E-state index is 13.8. The fourth-order valence-corrected chi connectivity index (χ4v) is 2.65. The second-order valence-corrected chi connectivity index (χ2v) is 6.22. The smallest absolute Gasteiger partial charge is 0.271 e. The molecule has 3 rings (SSSR count). The second kappa shape index (κ2) is 10.1. The molecule has 7 heteroatoms. The third kappa shape index (κ3) is 5.35. The van der Waals surface area contributed by atoms with Crippen LogP contribution in [0.5, 0.6) is 17.2 Å². The molecule has 0 unspecified atom stereocenters. The lowest BCUT2D eigenvalue weighted by molar-refractivity contribution is 0.0954. The largest absolute Gasteiger partial charge is 0.497 e. The van der Waals surface area contributed by atoms with E-state index >= 15 is 0 Å². The molecule has 0 saturated heterocycles. The van der Waals surface area contributed by atoms with Gasteiger partial charge in [0.1, 0.15) is 29.7 Å². The van der Waals surface area contributed by atoms with E-state index in [1.54, 1.807) is 54.6 Å². The fraction of sp³-hybridized carbons (Fsp3) is 0.130. The average molecular weight is 408 g/mol. The maximum absolute atomic E-state index is 13.8. The molecule has 0 aliphatic rings. The Morgan fingerprint density at radius 1 is 1.00 bits per heavy atom. The van der Waals surface area contributed by atoms with Crippen LogP contribution >= 0.6 is 0 Å². The molecular formula is C23H21FN2O4. The molecule has 0 fully saturated rings. The zero-order chi connectivity index (χ0) is 21.3. The van der Waals surface area contributed by atoms with Crippen LogP contribution in [0, 0.1) is 5.82 Å². The summed E-state index contributed by atoms with van der Waals surface area (Å²) in [6.07, 6.45) is 1.46. The van der Waals surface area contributed by atoms with Gasteiger partial charge in [-0.2, -0.15) is 5.10 Å². The van der Waals surface area contributed by atoms with Gasteiger partial charge < -0.3 is 14.2 Å². The number of amides is 1. The van der Waals surface area contributed by atoms with Crippen LogP contribution in [0.2, 0.25) is 0 Å². The quantitative estimate of drug-likeness (QED) is 0.448. The van der Waals surface area contributed by atoms with Gasteiger partial charge in [-0.3, -0.25) is 4.79 Å². The number of hydrogen-bond acceptors (Lipinski definition) is 5. The molecule has 30 heavy (non-hydrogen) atoms. The Morgan fingerprint density at radius 2 is 1.67 bits per heavy atom. The molecule has 0 heterocycles. The highest BCUT2D eigenvalue weighted by Crippen LogP contribution is 2.22. The van der Waals surface area contributed by atoms with Gasteiger partial charge in [0.05, 0.1) is 20.4 Å². The first-order valence-electron chi connectivity index (χ1n) is 9.12. The predicted molar refractivity (Wildman–Crippen MR) is 112 cm³/mol.